The molecule has 0 saturated heterocycles. The van der Waals surface area contributed by atoms with Crippen molar-refractivity contribution in [2.45, 2.75) is 55.4 Å². The van der Waals surface area contributed by atoms with Crippen molar-refractivity contribution in [3.8, 4) is 0 Å². The monoisotopic (exact) mass is 1340 g/mol. The lowest BCUT2D eigenvalue weighted by atomic mass is 9.93. The van der Waals surface area contributed by atoms with Crippen molar-refractivity contribution < 1.29 is 0 Å². The SMILES string of the molecule is Cc1ccc(C(=Cc2ccc(N(c3ccc(C=C(c4ccc(C)cc4)c4ccc(C)cc4)cc3)c3c4ccccc4c(N(c4ccc(C=C(c5ccc(C)cc5)c5ccc(C)cc5)cc4)c4ccc(C=C(c5ccc(C)cc5)c5ccc(C)cc5)cc4)c4ccccc34)cc2)c2ccc(C)cc2)cc1. The van der Waals surface area contributed by atoms with Crippen LogP contribution in [0, 0.1) is 55.4 Å². The molecular formula is C102H84N2. The normalized spacial score (nSPS) is 11.1. The Balaban J connectivity index is 0.921. The molecule has 15 aromatic rings. The number of aryl methyl sites for hydroxylation is 8. The molecule has 0 heterocycles. The smallest absolute Gasteiger partial charge is 0.0619 e. The average molecular weight is 1340 g/mol. The minimum Gasteiger partial charge on any atom is -0.309 e. The zero-order valence-corrected chi connectivity index (χ0v) is 60.5. The van der Waals surface area contributed by atoms with E-state index < -0.39 is 0 Å². The lowest BCUT2D eigenvalue weighted by Gasteiger charge is -2.33. The predicted octanol–water partition coefficient (Wildman–Crippen LogP) is 27.8. The standard InChI is InChI=1S/C102H84N2/c1-69-17-41-81(42-18-69)97(82-43-19-70(2)20-44-82)65-77-33-57-89(58-34-77)103(90-59-35-78(36-60-90)66-98(83-45-21-71(3)22-46-83)84-47-23-72(4)24-48-84)101-93-13-9-11-15-95(93)102(96-16-12-10-14-94(96)101)104(91-61-37-79(38-62-91)67-99(85-49-25-73(5)26-50-85)86-51-27-74(6)28-52-86)92-63-39-80(40-64-92)68-100(87-53-29-75(7)30-54-87)88-55-31-76(8)32-56-88/h9-68H,1-8H3. The van der Waals surface area contributed by atoms with Crippen molar-refractivity contribution in [2.75, 3.05) is 9.80 Å². The summed E-state index contributed by atoms with van der Waals surface area (Å²) in [5, 5.41) is 4.45. The van der Waals surface area contributed by atoms with Crippen LogP contribution < -0.4 is 9.80 Å². The van der Waals surface area contributed by atoms with E-state index in [2.05, 4.69) is 429 Å². The van der Waals surface area contributed by atoms with Gasteiger partial charge in [0.2, 0.25) is 0 Å². The number of hydrogen-bond acceptors (Lipinski definition) is 2. The number of fused-ring (bicyclic) bond motifs is 2. The quantitative estimate of drug-likeness (QED) is 0.0480. The minimum atomic E-state index is 1.04. The number of rotatable bonds is 18. The van der Waals surface area contributed by atoms with E-state index in [9.17, 15) is 0 Å². The first kappa shape index (κ1) is 67.2. The molecule has 2 nitrogen and oxygen atoms in total. The number of hydrogen-bond donors (Lipinski definition) is 0. The van der Waals surface area contributed by atoms with Gasteiger partial charge in [-0.3, -0.25) is 0 Å². The van der Waals surface area contributed by atoms with Crippen LogP contribution >= 0.6 is 0 Å². The molecule has 0 amide bonds. The zero-order chi connectivity index (χ0) is 71.2. The van der Waals surface area contributed by atoms with Crippen LogP contribution in [0.1, 0.15) is 111 Å². The summed E-state index contributed by atoms with van der Waals surface area (Å²) in [6, 6.07) is 126. The summed E-state index contributed by atoms with van der Waals surface area (Å²) in [7, 11) is 0. The van der Waals surface area contributed by atoms with E-state index in [4.69, 9.17) is 0 Å². The summed E-state index contributed by atoms with van der Waals surface area (Å²) in [6.07, 6.45) is 9.35. The molecule has 0 spiro atoms. The molecule has 0 radical (unpaired) electrons. The van der Waals surface area contributed by atoms with Crippen LogP contribution in [-0.4, -0.2) is 0 Å². The maximum Gasteiger partial charge on any atom is 0.0619 e. The molecule has 0 fully saturated rings. The topological polar surface area (TPSA) is 6.48 Å². The third kappa shape index (κ3) is 14.8. The minimum absolute atomic E-state index is 1.04. The molecule has 0 bridgehead atoms. The first-order valence-electron chi connectivity index (χ1n) is 36.2. The molecule has 0 aliphatic rings. The van der Waals surface area contributed by atoms with Crippen molar-refractivity contribution in [1.82, 2.24) is 0 Å². The van der Waals surface area contributed by atoms with Gasteiger partial charge in [-0.05, 0) is 217 Å². The van der Waals surface area contributed by atoms with Crippen LogP contribution in [0.25, 0.3) is 68.1 Å². The first-order valence-corrected chi connectivity index (χ1v) is 36.2. The summed E-state index contributed by atoms with van der Waals surface area (Å²) >= 11 is 0. The molecule has 0 aromatic heterocycles. The number of anilines is 6. The predicted molar refractivity (Wildman–Crippen MR) is 448 cm³/mol. The van der Waals surface area contributed by atoms with E-state index in [-0.39, 0.29) is 0 Å². The van der Waals surface area contributed by atoms with Gasteiger partial charge in [-0.1, -0.05) is 336 Å². The molecule has 2 heteroatoms. The van der Waals surface area contributed by atoms with Gasteiger partial charge in [0.25, 0.3) is 0 Å². The Kier molecular flexibility index (Phi) is 19.3. The highest BCUT2D eigenvalue weighted by Gasteiger charge is 2.26. The Labute approximate surface area is 614 Å². The highest BCUT2D eigenvalue weighted by Crippen LogP contribution is 2.52. The fourth-order valence-corrected chi connectivity index (χ4v) is 14.1. The third-order valence-electron chi connectivity index (χ3n) is 20.1. The highest BCUT2D eigenvalue weighted by atomic mass is 15.2. The van der Waals surface area contributed by atoms with Crippen LogP contribution in [0.4, 0.5) is 34.1 Å². The zero-order valence-electron chi connectivity index (χ0n) is 60.5. The molecule has 15 rings (SSSR count). The lowest BCUT2D eigenvalue weighted by Crippen LogP contribution is -2.14. The van der Waals surface area contributed by atoms with Crippen molar-refractivity contribution in [1.29, 1.82) is 0 Å². The van der Waals surface area contributed by atoms with Gasteiger partial charge in [-0.15, -0.1) is 0 Å². The summed E-state index contributed by atoms with van der Waals surface area (Å²) in [5.74, 6) is 0. The van der Waals surface area contributed by atoms with Crippen molar-refractivity contribution >= 4 is 102 Å². The number of nitrogens with zero attached hydrogens (tertiary/aromatic N) is 2. The largest absolute Gasteiger partial charge is 0.309 e. The first-order chi connectivity index (χ1) is 50.8. The molecule has 0 saturated carbocycles. The van der Waals surface area contributed by atoms with Gasteiger partial charge in [0.05, 0.1) is 11.4 Å². The molecule has 0 aliphatic carbocycles. The summed E-state index contributed by atoms with van der Waals surface area (Å²) < 4.78 is 0. The second-order valence-corrected chi connectivity index (χ2v) is 28.0. The molecule has 502 valence electrons. The maximum absolute atomic E-state index is 2.49. The summed E-state index contributed by atoms with van der Waals surface area (Å²) in [4.78, 5) is 4.98. The Morgan fingerprint density at radius 2 is 0.317 bits per heavy atom. The van der Waals surface area contributed by atoms with E-state index in [1.165, 1.54) is 111 Å². The number of benzene rings is 15. The Morgan fingerprint density at radius 3 is 0.462 bits per heavy atom. The third-order valence-corrected chi connectivity index (χ3v) is 20.1. The average Bonchev–Trinajstić information content (AvgIpc) is 0.716. The van der Waals surface area contributed by atoms with Crippen LogP contribution in [0.2, 0.25) is 0 Å². The fourth-order valence-electron chi connectivity index (χ4n) is 14.1. The van der Waals surface area contributed by atoms with Gasteiger partial charge in [0.15, 0.2) is 0 Å². The van der Waals surface area contributed by atoms with Gasteiger partial charge < -0.3 is 9.80 Å². The van der Waals surface area contributed by atoms with Gasteiger partial charge in [0.1, 0.15) is 0 Å². The molecule has 0 N–H and O–H groups in total. The maximum atomic E-state index is 2.49. The molecule has 15 aromatic carbocycles. The molecular weight excluding hydrogens is 1250 g/mol. The van der Waals surface area contributed by atoms with Crippen LogP contribution in [0.5, 0.6) is 0 Å². The van der Waals surface area contributed by atoms with Gasteiger partial charge >= 0.3 is 0 Å². The highest BCUT2D eigenvalue weighted by molar-refractivity contribution is 6.23. The van der Waals surface area contributed by atoms with Gasteiger partial charge in [0, 0.05) is 44.3 Å². The molecule has 0 aliphatic heterocycles. The van der Waals surface area contributed by atoms with Gasteiger partial charge in [-0.25, -0.2) is 0 Å². The Hall–Kier alpha value is -12.6. The van der Waals surface area contributed by atoms with Crippen LogP contribution in [0.15, 0.2) is 340 Å². The van der Waals surface area contributed by atoms with Gasteiger partial charge in [-0.2, -0.15) is 0 Å². The van der Waals surface area contributed by atoms with Crippen molar-refractivity contribution in [3.63, 3.8) is 0 Å². The second-order valence-electron chi connectivity index (χ2n) is 28.0. The lowest BCUT2D eigenvalue weighted by molar-refractivity contribution is 1.29. The van der Waals surface area contributed by atoms with E-state index in [0.717, 1.165) is 77.9 Å². The molecule has 0 unspecified atom stereocenters. The Morgan fingerprint density at radius 1 is 0.173 bits per heavy atom. The molecule has 104 heavy (non-hydrogen) atoms. The Bertz CT molecular complexity index is 4760. The fraction of sp³-hybridized carbons (Fsp3) is 0.0784. The van der Waals surface area contributed by atoms with E-state index in [0.29, 0.717) is 0 Å². The van der Waals surface area contributed by atoms with Crippen molar-refractivity contribution in [2.24, 2.45) is 0 Å². The summed E-state index contributed by atoms with van der Waals surface area (Å²) in [6.45, 7) is 17.2. The molecule has 0 atom stereocenters. The van der Waals surface area contributed by atoms with E-state index in [1.54, 1.807) is 0 Å². The van der Waals surface area contributed by atoms with Crippen LogP contribution in [-0.2, 0) is 0 Å². The van der Waals surface area contributed by atoms with Crippen LogP contribution in [0.3, 0.4) is 0 Å². The van der Waals surface area contributed by atoms with E-state index in [1.807, 2.05) is 0 Å². The second kappa shape index (κ2) is 29.9. The van der Waals surface area contributed by atoms with Crippen molar-refractivity contribution in [3.05, 3.63) is 451 Å². The summed E-state index contributed by atoms with van der Waals surface area (Å²) in [5.41, 5.74) is 34.7. The van der Waals surface area contributed by atoms with E-state index >= 15 is 0 Å².